The molecule has 0 aromatic heterocycles. The molecule has 4 rings (SSSR count). The minimum Gasteiger partial charge on any atom is -0.460 e. The zero-order chi connectivity index (χ0) is 24.3. The van der Waals surface area contributed by atoms with E-state index in [1.165, 1.54) is 12.1 Å². The molecule has 3 aromatic carbocycles. The first kappa shape index (κ1) is 23.5. The van der Waals surface area contributed by atoms with E-state index in [0.717, 1.165) is 22.3 Å². The van der Waals surface area contributed by atoms with Gasteiger partial charge in [-0.3, -0.25) is 10.1 Å². The Balaban J connectivity index is 1.42. The van der Waals surface area contributed by atoms with Crippen LogP contribution in [0, 0.1) is 5.82 Å². The summed E-state index contributed by atoms with van der Waals surface area (Å²) in [4.78, 5) is 24.7. The summed E-state index contributed by atoms with van der Waals surface area (Å²) in [5.41, 5.74) is 4.83. The predicted molar refractivity (Wildman–Crippen MR) is 129 cm³/mol. The highest BCUT2D eigenvalue weighted by Crippen LogP contribution is 2.44. The summed E-state index contributed by atoms with van der Waals surface area (Å²) in [5.74, 6) is -0.920. The Labute approximate surface area is 198 Å². The van der Waals surface area contributed by atoms with E-state index in [-0.39, 0.29) is 30.6 Å². The summed E-state index contributed by atoms with van der Waals surface area (Å²) < 4.78 is 24.8. The average molecular weight is 462 g/mol. The summed E-state index contributed by atoms with van der Waals surface area (Å²) in [6, 6.07) is 20.2. The molecule has 0 spiro atoms. The van der Waals surface area contributed by atoms with Crippen LogP contribution in [0.1, 0.15) is 49.8 Å². The topological polar surface area (TPSA) is 64.6 Å². The van der Waals surface area contributed by atoms with Gasteiger partial charge < -0.3 is 9.47 Å². The Morgan fingerprint density at radius 2 is 1.56 bits per heavy atom. The number of anilines is 1. The lowest BCUT2D eigenvalue weighted by Gasteiger charge is -2.19. The number of carbonyl (C=O) groups excluding carboxylic acids is 2. The Kier molecular flexibility index (Phi) is 6.68. The number of ether oxygens (including phenoxy) is 2. The summed E-state index contributed by atoms with van der Waals surface area (Å²) in [5, 5.41) is 2.64. The second-order valence-electron chi connectivity index (χ2n) is 9.34. The molecule has 5 nitrogen and oxygen atoms in total. The van der Waals surface area contributed by atoms with Gasteiger partial charge in [0, 0.05) is 12.3 Å². The van der Waals surface area contributed by atoms with E-state index in [2.05, 4.69) is 17.4 Å². The molecule has 0 bridgehead atoms. The molecule has 34 heavy (non-hydrogen) atoms. The molecule has 1 amide bonds. The highest BCUT2D eigenvalue weighted by atomic mass is 19.1. The Hall–Kier alpha value is -3.67. The van der Waals surface area contributed by atoms with Crippen molar-refractivity contribution in [1.82, 2.24) is 0 Å². The molecule has 0 radical (unpaired) electrons. The van der Waals surface area contributed by atoms with Crippen molar-refractivity contribution in [2.24, 2.45) is 0 Å². The summed E-state index contributed by atoms with van der Waals surface area (Å²) in [6.07, 6.45) is -0.262. The smallest absolute Gasteiger partial charge is 0.411 e. The molecule has 1 aliphatic rings. The average Bonchev–Trinajstić information content (AvgIpc) is 3.10. The normalized spacial score (nSPS) is 12.6. The molecule has 176 valence electrons. The van der Waals surface area contributed by atoms with Crippen LogP contribution in [-0.4, -0.2) is 24.3 Å². The van der Waals surface area contributed by atoms with Crippen molar-refractivity contribution in [2.45, 2.75) is 45.1 Å². The fraction of sp³-hybridized carbons (Fsp3) is 0.286. The molecule has 0 unspecified atom stereocenters. The van der Waals surface area contributed by atoms with E-state index in [1.54, 1.807) is 26.8 Å². The monoisotopic (exact) mass is 461 g/mol. The van der Waals surface area contributed by atoms with Crippen LogP contribution in [0.25, 0.3) is 11.1 Å². The second kappa shape index (κ2) is 9.67. The van der Waals surface area contributed by atoms with Crippen molar-refractivity contribution in [2.75, 3.05) is 11.9 Å². The van der Waals surface area contributed by atoms with E-state index in [9.17, 15) is 14.0 Å². The molecule has 1 N–H and O–H groups in total. The third-order valence-corrected chi connectivity index (χ3v) is 5.67. The lowest BCUT2D eigenvalue weighted by Crippen LogP contribution is -2.24. The third-order valence-electron chi connectivity index (χ3n) is 5.67. The molecule has 0 saturated carbocycles. The number of carbonyl (C=O) groups is 2. The number of nitrogens with one attached hydrogen (secondary N) is 1. The third kappa shape index (κ3) is 5.45. The lowest BCUT2D eigenvalue weighted by atomic mass is 9.98. The fourth-order valence-electron chi connectivity index (χ4n) is 4.26. The van der Waals surface area contributed by atoms with Crippen LogP contribution >= 0.6 is 0 Å². The number of hydrogen-bond donors (Lipinski definition) is 1. The second-order valence-corrected chi connectivity index (χ2v) is 9.34. The van der Waals surface area contributed by atoms with Crippen LogP contribution in [0.4, 0.5) is 14.9 Å². The quantitative estimate of drug-likeness (QED) is 0.428. The van der Waals surface area contributed by atoms with Gasteiger partial charge in [0.2, 0.25) is 0 Å². The van der Waals surface area contributed by atoms with Gasteiger partial charge in [0.1, 0.15) is 18.0 Å². The molecule has 0 saturated heterocycles. The zero-order valence-electron chi connectivity index (χ0n) is 19.6. The standard InChI is InChI=1S/C28H28FNO4/c1-28(2,3)34-26(31)15-13-18-12-14-19(29)16-25(18)30-27(32)33-17-24-22-10-6-4-8-20(22)21-9-5-7-11-23(21)24/h4-12,14,16,24H,13,15,17H2,1-3H3,(H,30,32). The van der Waals surface area contributed by atoms with Gasteiger partial charge in [-0.05, 0) is 67.1 Å². The first-order valence-corrected chi connectivity index (χ1v) is 11.3. The highest BCUT2D eigenvalue weighted by Gasteiger charge is 2.29. The van der Waals surface area contributed by atoms with Crippen molar-refractivity contribution in [3.8, 4) is 11.1 Å². The maximum absolute atomic E-state index is 13.9. The molecule has 0 atom stereocenters. The maximum atomic E-state index is 13.9. The van der Waals surface area contributed by atoms with Gasteiger partial charge in [-0.15, -0.1) is 0 Å². The van der Waals surface area contributed by atoms with Crippen molar-refractivity contribution < 1.29 is 23.5 Å². The van der Waals surface area contributed by atoms with Crippen molar-refractivity contribution in [3.05, 3.63) is 89.2 Å². The van der Waals surface area contributed by atoms with E-state index in [4.69, 9.17) is 9.47 Å². The number of fused-ring (bicyclic) bond motifs is 3. The molecule has 0 heterocycles. The van der Waals surface area contributed by atoms with Gasteiger partial charge in [0.15, 0.2) is 0 Å². The number of amides is 1. The number of halogens is 1. The Bertz CT molecular complexity index is 1170. The van der Waals surface area contributed by atoms with Crippen LogP contribution < -0.4 is 5.32 Å². The van der Waals surface area contributed by atoms with E-state index >= 15 is 0 Å². The number of aryl methyl sites for hydroxylation is 1. The molecule has 0 aliphatic heterocycles. The van der Waals surface area contributed by atoms with Gasteiger partial charge >= 0.3 is 12.1 Å². The van der Waals surface area contributed by atoms with E-state index in [1.807, 2.05) is 36.4 Å². The summed E-state index contributed by atoms with van der Waals surface area (Å²) in [7, 11) is 0. The van der Waals surface area contributed by atoms with Gasteiger partial charge in [-0.2, -0.15) is 0 Å². The molecule has 0 fully saturated rings. The van der Waals surface area contributed by atoms with Gasteiger partial charge in [0.05, 0.1) is 5.69 Å². The van der Waals surface area contributed by atoms with Crippen LogP contribution in [0.3, 0.4) is 0 Å². The summed E-state index contributed by atoms with van der Waals surface area (Å²) in [6.45, 7) is 5.55. The maximum Gasteiger partial charge on any atom is 0.411 e. The number of rotatable bonds is 6. The van der Waals surface area contributed by atoms with Crippen LogP contribution in [0.2, 0.25) is 0 Å². The Morgan fingerprint density at radius 1 is 0.941 bits per heavy atom. The fourth-order valence-corrected chi connectivity index (χ4v) is 4.26. The van der Waals surface area contributed by atoms with Crippen molar-refractivity contribution >= 4 is 17.7 Å². The number of benzene rings is 3. The largest absolute Gasteiger partial charge is 0.460 e. The highest BCUT2D eigenvalue weighted by molar-refractivity contribution is 5.86. The SMILES string of the molecule is CC(C)(C)OC(=O)CCc1ccc(F)cc1NC(=O)OCC1c2ccccc2-c2ccccc21. The molecule has 1 aliphatic carbocycles. The molecular weight excluding hydrogens is 433 g/mol. The number of hydrogen-bond acceptors (Lipinski definition) is 4. The predicted octanol–water partition coefficient (Wildman–Crippen LogP) is 6.46. The van der Waals surface area contributed by atoms with Gasteiger partial charge in [0.25, 0.3) is 0 Å². The first-order chi connectivity index (χ1) is 16.2. The van der Waals surface area contributed by atoms with Crippen LogP contribution in [-0.2, 0) is 20.7 Å². The summed E-state index contributed by atoms with van der Waals surface area (Å²) >= 11 is 0. The number of esters is 1. The lowest BCUT2D eigenvalue weighted by molar-refractivity contribution is -0.154. The van der Waals surface area contributed by atoms with Crippen LogP contribution in [0.5, 0.6) is 0 Å². The molecule has 6 heteroatoms. The molecule has 3 aromatic rings. The van der Waals surface area contributed by atoms with Crippen LogP contribution in [0.15, 0.2) is 66.7 Å². The minimum absolute atomic E-state index is 0.0719. The zero-order valence-corrected chi connectivity index (χ0v) is 19.6. The Morgan fingerprint density at radius 3 is 2.18 bits per heavy atom. The van der Waals surface area contributed by atoms with Gasteiger partial charge in [-0.1, -0.05) is 54.6 Å². The van der Waals surface area contributed by atoms with Crippen molar-refractivity contribution in [3.63, 3.8) is 0 Å². The first-order valence-electron chi connectivity index (χ1n) is 11.3. The molecular formula is C28H28FNO4. The van der Waals surface area contributed by atoms with E-state index in [0.29, 0.717) is 12.0 Å². The van der Waals surface area contributed by atoms with E-state index < -0.39 is 17.5 Å². The van der Waals surface area contributed by atoms with Gasteiger partial charge in [-0.25, -0.2) is 9.18 Å². The minimum atomic E-state index is -0.675. The van der Waals surface area contributed by atoms with Crippen molar-refractivity contribution in [1.29, 1.82) is 0 Å².